The van der Waals surface area contributed by atoms with Gasteiger partial charge < -0.3 is 9.42 Å². The molecule has 0 spiro atoms. The summed E-state index contributed by atoms with van der Waals surface area (Å²) >= 11 is 0. The first-order valence-electron chi connectivity index (χ1n) is 9.05. The molecule has 1 fully saturated rings. The Morgan fingerprint density at radius 2 is 1.77 bits per heavy atom. The molecule has 2 aromatic carbocycles. The topological polar surface area (TPSA) is 59.2 Å². The van der Waals surface area contributed by atoms with Crippen molar-refractivity contribution in [3.05, 3.63) is 77.6 Å². The van der Waals surface area contributed by atoms with E-state index in [-0.39, 0.29) is 11.6 Å². The van der Waals surface area contributed by atoms with E-state index in [4.69, 9.17) is 4.52 Å². The maximum absolute atomic E-state index is 12.5. The summed E-state index contributed by atoms with van der Waals surface area (Å²) < 4.78 is 5.46. The van der Waals surface area contributed by atoms with Gasteiger partial charge in [0.15, 0.2) is 0 Å². The Bertz CT molecular complexity index is 861. The Morgan fingerprint density at radius 3 is 2.54 bits per heavy atom. The molecular formula is C21H21N3O2. The summed E-state index contributed by atoms with van der Waals surface area (Å²) in [4.78, 5) is 19.1. The third kappa shape index (κ3) is 3.52. The molecule has 0 aliphatic carbocycles. The van der Waals surface area contributed by atoms with E-state index in [1.807, 2.05) is 24.3 Å². The lowest BCUT2D eigenvalue weighted by Gasteiger charge is -2.34. The number of aromatic nitrogens is 2. The van der Waals surface area contributed by atoms with Crippen LogP contribution in [-0.4, -0.2) is 28.5 Å². The molecule has 2 heterocycles. The zero-order chi connectivity index (χ0) is 17.8. The van der Waals surface area contributed by atoms with Crippen molar-refractivity contribution in [3.63, 3.8) is 0 Å². The number of carbonyl (C=O) groups excluding carboxylic acids is 1. The average Bonchev–Trinajstić information content (AvgIpc) is 3.19. The zero-order valence-electron chi connectivity index (χ0n) is 14.5. The molecule has 1 atom stereocenters. The van der Waals surface area contributed by atoms with Crippen LogP contribution in [0, 0.1) is 0 Å². The Hall–Kier alpha value is -2.95. The van der Waals surface area contributed by atoms with Gasteiger partial charge in [0.05, 0.1) is 0 Å². The van der Waals surface area contributed by atoms with Crippen LogP contribution >= 0.6 is 0 Å². The Kier molecular flexibility index (Phi) is 4.78. The third-order valence-electron chi connectivity index (χ3n) is 4.84. The molecule has 1 aliphatic rings. The number of piperidine rings is 1. The number of hydrogen-bond acceptors (Lipinski definition) is 5. The Morgan fingerprint density at radius 1 is 1.04 bits per heavy atom. The van der Waals surface area contributed by atoms with Gasteiger partial charge in [-0.25, -0.2) is 0 Å². The number of rotatable bonds is 5. The summed E-state index contributed by atoms with van der Waals surface area (Å²) in [5.41, 5.74) is 1.86. The van der Waals surface area contributed by atoms with Crippen LogP contribution in [0.3, 0.4) is 0 Å². The van der Waals surface area contributed by atoms with E-state index in [2.05, 4.69) is 39.3 Å². The van der Waals surface area contributed by atoms with Crippen molar-refractivity contribution >= 4 is 11.8 Å². The second-order valence-corrected chi connectivity index (χ2v) is 6.63. The van der Waals surface area contributed by atoms with Gasteiger partial charge in [-0.2, -0.15) is 4.98 Å². The van der Waals surface area contributed by atoms with Crippen molar-refractivity contribution in [1.29, 1.82) is 0 Å². The first kappa shape index (κ1) is 16.5. The van der Waals surface area contributed by atoms with E-state index in [9.17, 15) is 4.79 Å². The first-order valence-corrected chi connectivity index (χ1v) is 9.05. The van der Waals surface area contributed by atoms with Gasteiger partial charge in [-0.05, 0) is 31.2 Å². The fourth-order valence-corrected chi connectivity index (χ4v) is 3.49. The van der Waals surface area contributed by atoms with Crippen molar-refractivity contribution in [1.82, 2.24) is 10.1 Å². The minimum absolute atomic E-state index is 0.121. The second-order valence-electron chi connectivity index (χ2n) is 6.63. The second kappa shape index (κ2) is 7.52. The van der Waals surface area contributed by atoms with Gasteiger partial charge in [-0.15, -0.1) is 0 Å². The normalized spacial score (nSPS) is 17.2. The van der Waals surface area contributed by atoms with E-state index < -0.39 is 0 Å². The summed E-state index contributed by atoms with van der Waals surface area (Å²) in [7, 11) is 0. The molecule has 132 valence electrons. The van der Waals surface area contributed by atoms with E-state index in [1.165, 1.54) is 12.0 Å². The molecule has 3 aromatic rings. The number of ketones is 1. The molecule has 1 unspecified atom stereocenters. The summed E-state index contributed by atoms with van der Waals surface area (Å²) in [6.07, 6.45) is 4.30. The zero-order valence-corrected chi connectivity index (χ0v) is 14.5. The number of carbonyl (C=O) groups is 1. The van der Waals surface area contributed by atoms with Gasteiger partial charge in [0.25, 0.3) is 0 Å². The highest BCUT2D eigenvalue weighted by Crippen LogP contribution is 2.26. The Labute approximate surface area is 152 Å². The van der Waals surface area contributed by atoms with Gasteiger partial charge in [0.1, 0.15) is 0 Å². The predicted molar refractivity (Wildman–Crippen MR) is 99.3 cm³/mol. The largest absolute Gasteiger partial charge is 0.324 e. The van der Waals surface area contributed by atoms with Crippen LogP contribution in [0.4, 0.5) is 6.01 Å². The van der Waals surface area contributed by atoms with Gasteiger partial charge in [-0.1, -0.05) is 65.8 Å². The summed E-state index contributed by atoms with van der Waals surface area (Å²) in [5, 5.41) is 3.93. The molecule has 1 aliphatic heterocycles. The smallest absolute Gasteiger partial charge is 0.321 e. The Balaban J connectivity index is 1.54. The van der Waals surface area contributed by atoms with Gasteiger partial charge in [0.2, 0.25) is 11.6 Å². The fraction of sp³-hybridized carbons (Fsp3) is 0.286. The molecule has 0 amide bonds. The fourth-order valence-electron chi connectivity index (χ4n) is 3.49. The SMILES string of the molecule is O=C(c1ccccc1)c1noc(N2CCCCC2Cc2ccccc2)n1. The average molecular weight is 347 g/mol. The van der Waals surface area contributed by atoms with Crippen LogP contribution in [0.1, 0.15) is 41.0 Å². The van der Waals surface area contributed by atoms with Crippen molar-refractivity contribution < 1.29 is 9.32 Å². The van der Waals surface area contributed by atoms with Gasteiger partial charge in [0, 0.05) is 18.2 Å². The molecule has 1 aromatic heterocycles. The van der Waals surface area contributed by atoms with Crippen LogP contribution in [0.5, 0.6) is 0 Å². The highest BCUT2D eigenvalue weighted by atomic mass is 16.5. The molecular weight excluding hydrogens is 326 g/mol. The maximum atomic E-state index is 12.5. The number of benzene rings is 2. The van der Waals surface area contributed by atoms with Crippen molar-refractivity contribution in [2.45, 2.75) is 31.7 Å². The highest BCUT2D eigenvalue weighted by molar-refractivity contribution is 6.06. The van der Waals surface area contributed by atoms with Crippen molar-refractivity contribution in [2.75, 3.05) is 11.4 Å². The molecule has 1 saturated heterocycles. The minimum atomic E-state index is -0.211. The van der Waals surface area contributed by atoms with Crippen LogP contribution in [-0.2, 0) is 6.42 Å². The van der Waals surface area contributed by atoms with Crippen LogP contribution < -0.4 is 4.90 Å². The summed E-state index contributed by atoms with van der Waals surface area (Å²) in [6.45, 7) is 0.874. The number of hydrogen-bond donors (Lipinski definition) is 0. The highest BCUT2D eigenvalue weighted by Gasteiger charge is 2.28. The van der Waals surface area contributed by atoms with E-state index >= 15 is 0 Å². The van der Waals surface area contributed by atoms with E-state index in [1.54, 1.807) is 12.1 Å². The summed E-state index contributed by atoms with van der Waals surface area (Å²) in [6, 6.07) is 20.3. The lowest BCUT2D eigenvalue weighted by Crippen LogP contribution is -2.41. The van der Waals surface area contributed by atoms with Crippen molar-refractivity contribution in [3.8, 4) is 0 Å². The lowest BCUT2D eigenvalue weighted by atomic mass is 9.96. The summed E-state index contributed by atoms with van der Waals surface area (Å²) in [5.74, 6) is -0.0903. The van der Waals surface area contributed by atoms with Crippen LogP contribution in [0.15, 0.2) is 65.2 Å². The molecule has 4 rings (SSSR count). The lowest BCUT2D eigenvalue weighted by molar-refractivity contribution is 0.102. The molecule has 0 saturated carbocycles. The molecule has 5 heteroatoms. The van der Waals surface area contributed by atoms with E-state index in [0.29, 0.717) is 17.6 Å². The quantitative estimate of drug-likeness (QED) is 0.655. The van der Waals surface area contributed by atoms with Gasteiger partial charge >= 0.3 is 6.01 Å². The van der Waals surface area contributed by atoms with E-state index in [0.717, 1.165) is 25.8 Å². The molecule has 0 N–H and O–H groups in total. The van der Waals surface area contributed by atoms with Gasteiger partial charge in [-0.3, -0.25) is 4.79 Å². The maximum Gasteiger partial charge on any atom is 0.324 e. The first-order chi connectivity index (χ1) is 12.8. The predicted octanol–water partition coefficient (Wildman–Crippen LogP) is 3.90. The molecule has 0 bridgehead atoms. The van der Waals surface area contributed by atoms with Crippen LogP contribution in [0.25, 0.3) is 0 Å². The number of anilines is 1. The molecule has 26 heavy (non-hydrogen) atoms. The monoisotopic (exact) mass is 347 g/mol. The number of nitrogens with zero attached hydrogens (tertiary/aromatic N) is 3. The molecule has 5 nitrogen and oxygen atoms in total. The minimum Gasteiger partial charge on any atom is -0.321 e. The van der Waals surface area contributed by atoms with Crippen molar-refractivity contribution in [2.24, 2.45) is 0 Å². The standard InChI is InChI=1S/C21H21N3O2/c25-19(17-11-5-2-6-12-17)20-22-21(26-23-20)24-14-8-7-13-18(24)15-16-9-3-1-4-10-16/h1-6,9-12,18H,7-8,13-15H2. The van der Waals surface area contributed by atoms with Crippen LogP contribution in [0.2, 0.25) is 0 Å². The molecule has 0 radical (unpaired) electrons. The third-order valence-corrected chi connectivity index (χ3v) is 4.84.